The van der Waals surface area contributed by atoms with Crippen LogP contribution >= 0.6 is 0 Å². The SMILES string of the molecule is COC(=O)c1cc(F)ccc1NC1CC(C)C1. The average Bonchev–Trinajstić information content (AvgIpc) is 2.28. The van der Waals surface area contributed by atoms with Crippen LogP contribution in [0.3, 0.4) is 0 Å². The van der Waals surface area contributed by atoms with Crippen molar-refractivity contribution in [3.05, 3.63) is 29.6 Å². The topological polar surface area (TPSA) is 38.3 Å². The van der Waals surface area contributed by atoms with E-state index >= 15 is 0 Å². The molecule has 1 aliphatic rings. The van der Waals surface area contributed by atoms with Gasteiger partial charge in [0.15, 0.2) is 0 Å². The third kappa shape index (κ3) is 2.57. The van der Waals surface area contributed by atoms with Crippen LogP contribution in [-0.2, 0) is 4.74 Å². The number of methoxy groups -OCH3 is 1. The summed E-state index contributed by atoms with van der Waals surface area (Å²) in [7, 11) is 1.29. The summed E-state index contributed by atoms with van der Waals surface area (Å²) >= 11 is 0. The van der Waals surface area contributed by atoms with Gasteiger partial charge < -0.3 is 10.1 Å². The largest absolute Gasteiger partial charge is 0.465 e. The Labute approximate surface area is 100.0 Å². The highest BCUT2D eigenvalue weighted by Crippen LogP contribution is 2.30. The molecule has 1 saturated carbocycles. The number of ether oxygens (including phenoxy) is 1. The molecule has 1 aromatic rings. The molecule has 0 radical (unpaired) electrons. The lowest BCUT2D eigenvalue weighted by molar-refractivity contribution is 0.0601. The van der Waals surface area contributed by atoms with E-state index in [1.165, 1.54) is 19.2 Å². The number of hydrogen-bond acceptors (Lipinski definition) is 3. The number of benzene rings is 1. The molecule has 4 heteroatoms. The fourth-order valence-electron chi connectivity index (χ4n) is 2.16. The van der Waals surface area contributed by atoms with Gasteiger partial charge in [-0.3, -0.25) is 0 Å². The Kier molecular flexibility index (Phi) is 3.31. The first-order valence-electron chi connectivity index (χ1n) is 5.74. The van der Waals surface area contributed by atoms with Crippen molar-refractivity contribution in [1.29, 1.82) is 0 Å². The Morgan fingerprint density at radius 3 is 2.76 bits per heavy atom. The van der Waals surface area contributed by atoms with Crippen LogP contribution in [0.2, 0.25) is 0 Å². The average molecular weight is 237 g/mol. The molecule has 0 aromatic heterocycles. The van der Waals surface area contributed by atoms with Gasteiger partial charge in [0, 0.05) is 11.7 Å². The fourth-order valence-corrected chi connectivity index (χ4v) is 2.16. The molecular weight excluding hydrogens is 221 g/mol. The van der Waals surface area contributed by atoms with Gasteiger partial charge in [-0.05, 0) is 37.0 Å². The number of rotatable bonds is 3. The van der Waals surface area contributed by atoms with E-state index in [0.29, 0.717) is 11.7 Å². The second kappa shape index (κ2) is 4.73. The Morgan fingerprint density at radius 1 is 1.47 bits per heavy atom. The fraction of sp³-hybridized carbons (Fsp3) is 0.462. The van der Waals surface area contributed by atoms with E-state index in [1.54, 1.807) is 6.07 Å². The monoisotopic (exact) mass is 237 g/mol. The maximum absolute atomic E-state index is 13.1. The number of hydrogen-bond donors (Lipinski definition) is 1. The van der Waals surface area contributed by atoms with E-state index in [1.807, 2.05) is 0 Å². The highest BCUT2D eigenvalue weighted by Gasteiger charge is 2.26. The standard InChI is InChI=1S/C13H16FNO2/c1-8-5-10(6-8)15-12-4-3-9(14)7-11(12)13(16)17-2/h3-4,7-8,10,15H,5-6H2,1-2H3. The molecule has 0 saturated heterocycles. The maximum Gasteiger partial charge on any atom is 0.340 e. The molecule has 0 spiro atoms. The van der Waals surface area contributed by atoms with Gasteiger partial charge in [0.25, 0.3) is 0 Å². The molecular formula is C13H16FNO2. The second-order valence-corrected chi connectivity index (χ2v) is 4.60. The van der Waals surface area contributed by atoms with Crippen LogP contribution in [0.5, 0.6) is 0 Å². The van der Waals surface area contributed by atoms with E-state index in [4.69, 9.17) is 0 Å². The zero-order chi connectivity index (χ0) is 12.4. The number of esters is 1. The lowest BCUT2D eigenvalue weighted by atomic mass is 9.81. The van der Waals surface area contributed by atoms with Crippen molar-refractivity contribution in [3.8, 4) is 0 Å². The molecule has 92 valence electrons. The van der Waals surface area contributed by atoms with E-state index in [0.717, 1.165) is 18.8 Å². The van der Waals surface area contributed by atoms with Crippen LogP contribution in [-0.4, -0.2) is 19.1 Å². The van der Waals surface area contributed by atoms with Crippen LogP contribution in [0.15, 0.2) is 18.2 Å². The van der Waals surface area contributed by atoms with E-state index in [2.05, 4.69) is 17.0 Å². The molecule has 1 fully saturated rings. The Balaban J connectivity index is 2.17. The van der Waals surface area contributed by atoms with Gasteiger partial charge in [-0.1, -0.05) is 6.92 Å². The van der Waals surface area contributed by atoms with E-state index in [-0.39, 0.29) is 5.56 Å². The van der Waals surface area contributed by atoms with Crippen molar-refractivity contribution < 1.29 is 13.9 Å². The molecule has 0 heterocycles. The van der Waals surface area contributed by atoms with Gasteiger partial charge >= 0.3 is 5.97 Å². The van der Waals surface area contributed by atoms with E-state index in [9.17, 15) is 9.18 Å². The van der Waals surface area contributed by atoms with Crippen LogP contribution in [0, 0.1) is 11.7 Å². The quantitative estimate of drug-likeness (QED) is 0.821. The smallest absolute Gasteiger partial charge is 0.340 e. The second-order valence-electron chi connectivity index (χ2n) is 4.60. The highest BCUT2D eigenvalue weighted by atomic mass is 19.1. The molecule has 1 N–H and O–H groups in total. The first kappa shape index (κ1) is 11.9. The van der Waals surface area contributed by atoms with Crippen LogP contribution in [0.1, 0.15) is 30.1 Å². The van der Waals surface area contributed by atoms with Crippen LogP contribution in [0.25, 0.3) is 0 Å². The molecule has 3 nitrogen and oxygen atoms in total. The van der Waals surface area contributed by atoms with Crippen molar-refractivity contribution >= 4 is 11.7 Å². The first-order valence-corrected chi connectivity index (χ1v) is 5.74. The summed E-state index contributed by atoms with van der Waals surface area (Å²) in [4.78, 5) is 11.5. The summed E-state index contributed by atoms with van der Waals surface area (Å²) in [6.45, 7) is 2.18. The van der Waals surface area contributed by atoms with Gasteiger partial charge in [-0.15, -0.1) is 0 Å². The first-order chi connectivity index (χ1) is 8.10. The molecule has 0 bridgehead atoms. The molecule has 0 unspecified atom stereocenters. The molecule has 1 aliphatic carbocycles. The third-order valence-corrected chi connectivity index (χ3v) is 3.12. The minimum absolute atomic E-state index is 0.257. The highest BCUT2D eigenvalue weighted by molar-refractivity contribution is 5.95. The number of nitrogens with one attached hydrogen (secondary N) is 1. The van der Waals surface area contributed by atoms with Crippen LogP contribution < -0.4 is 5.32 Å². The zero-order valence-corrected chi connectivity index (χ0v) is 10.00. The normalized spacial score (nSPS) is 22.8. The zero-order valence-electron chi connectivity index (χ0n) is 10.00. The predicted molar refractivity (Wildman–Crippen MR) is 63.5 cm³/mol. The Hall–Kier alpha value is -1.58. The Bertz CT molecular complexity index is 427. The molecule has 0 amide bonds. The van der Waals surface area contributed by atoms with Crippen molar-refractivity contribution in [2.45, 2.75) is 25.8 Å². The molecule has 1 aromatic carbocycles. The van der Waals surface area contributed by atoms with Crippen molar-refractivity contribution in [3.63, 3.8) is 0 Å². The van der Waals surface area contributed by atoms with Gasteiger partial charge in [0.05, 0.1) is 12.7 Å². The minimum Gasteiger partial charge on any atom is -0.465 e. The predicted octanol–water partition coefficient (Wildman–Crippen LogP) is 2.82. The van der Waals surface area contributed by atoms with Gasteiger partial charge in [-0.25, -0.2) is 9.18 Å². The molecule has 0 aliphatic heterocycles. The lowest BCUT2D eigenvalue weighted by Crippen LogP contribution is -2.34. The number of carbonyl (C=O) groups is 1. The van der Waals surface area contributed by atoms with Crippen LogP contribution in [0.4, 0.5) is 10.1 Å². The van der Waals surface area contributed by atoms with Gasteiger partial charge in [-0.2, -0.15) is 0 Å². The minimum atomic E-state index is -0.514. The van der Waals surface area contributed by atoms with Crippen molar-refractivity contribution in [2.75, 3.05) is 12.4 Å². The summed E-state index contributed by atoms with van der Waals surface area (Å²) in [6.07, 6.45) is 2.16. The number of anilines is 1. The Morgan fingerprint density at radius 2 is 2.18 bits per heavy atom. The third-order valence-electron chi connectivity index (χ3n) is 3.12. The van der Waals surface area contributed by atoms with Crippen molar-refractivity contribution in [1.82, 2.24) is 0 Å². The maximum atomic E-state index is 13.1. The molecule has 17 heavy (non-hydrogen) atoms. The summed E-state index contributed by atoms with van der Waals surface area (Å²) in [5, 5.41) is 3.25. The number of carbonyl (C=O) groups excluding carboxylic acids is 1. The van der Waals surface area contributed by atoms with E-state index < -0.39 is 11.8 Å². The number of halogens is 1. The van der Waals surface area contributed by atoms with Gasteiger partial charge in [0.1, 0.15) is 5.82 Å². The summed E-state index contributed by atoms with van der Waals surface area (Å²) in [6, 6.07) is 4.51. The molecule has 0 atom stereocenters. The molecule has 2 rings (SSSR count). The summed E-state index contributed by atoms with van der Waals surface area (Å²) in [5.41, 5.74) is 0.905. The summed E-state index contributed by atoms with van der Waals surface area (Å²) < 4.78 is 17.7. The summed E-state index contributed by atoms with van der Waals surface area (Å²) in [5.74, 6) is -0.230. The van der Waals surface area contributed by atoms with Crippen molar-refractivity contribution in [2.24, 2.45) is 5.92 Å². The van der Waals surface area contributed by atoms with Gasteiger partial charge in [0.2, 0.25) is 0 Å². The lowest BCUT2D eigenvalue weighted by Gasteiger charge is -2.34.